The van der Waals surface area contributed by atoms with Crippen LogP contribution in [0.1, 0.15) is 21.5 Å². The highest BCUT2D eigenvalue weighted by Crippen LogP contribution is 2.19. The first-order chi connectivity index (χ1) is 11.5. The number of nitrogens with zero attached hydrogens (tertiary/aromatic N) is 3. The van der Waals surface area contributed by atoms with Crippen molar-refractivity contribution >= 4 is 28.7 Å². The number of rotatable bonds is 3. The first-order valence-corrected chi connectivity index (χ1v) is 7.37. The standard InChI is InChI=1S/C18H15N3O3/c1-12-9-16-17(10-13(12)2)20(11-19-16)18(22)8-5-14-3-6-15(7-4-14)21(23)24/h3-11H,1-2H3/b8-5+. The smallest absolute Gasteiger partial charge is 0.269 e. The van der Waals surface area contributed by atoms with E-state index in [1.807, 2.05) is 26.0 Å². The monoisotopic (exact) mass is 321 g/mol. The molecule has 1 aromatic heterocycles. The van der Waals surface area contributed by atoms with Crippen molar-refractivity contribution in [1.82, 2.24) is 9.55 Å². The zero-order valence-corrected chi connectivity index (χ0v) is 13.3. The number of carbonyl (C=O) groups is 1. The first kappa shape index (κ1) is 15.6. The lowest BCUT2D eigenvalue weighted by Crippen LogP contribution is -2.05. The number of imidazole rings is 1. The highest BCUT2D eigenvalue weighted by atomic mass is 16.6. The summed E-state index contributed by atoms with van der Waals surface area (Å²) in [7, 11) is 0. The highest BCUT2D eigenvalue weighted by molar-refractivity contribution is 5.99. The van der Waals surface area contributed by atoms with Gasteiger partial charge in [-0.25, -0.2) is 4.98 Å². The van der Waals surface area contributed by atoms with Crippen LogP contribution in [0.25, 0.3) is 17.1 Å². The second-order valence-electron chi connectivity index (χ2n) is 5.56. The maximum Gasteiger partial charge on any atom is 0.269 e. The molecule has 0 spiro atoms. The molecular formula is C18H15N3O3. The third-order valence-corrected chi connectivity index (χ3v) is 3.92. The van der Waals surface area contributed by atoms with E-state index in [-0.39, 0.29) is 11.6 Å². The Morgan fingerprint density at radius 2 is 1.83 bits per heavy atom. The van der Waals surface area contributed by atoms with Crippen LogP contribution in [0, 0.1) is 24.0 Å². The number of aromatic nitrogens is 2. The van der Waals surface area contributed by atoms with Gasteiger partial charge in [-0.2, -0.15) is 0 Å². The molecule has 0 radical (unpaired) electrons. The summed E-state index contributed by atoms with van der Waals surface area (Å²) in [6, 6.07) is 9.90. The third kappa shape index (κ3) is 2.94. The molecule has 6 nitrogen and oxygen atoms in total. The van der Waals surface area contributed by atoms with E-state index in [1.54, 1.807) is 18.2 Å². The summed E-state index contributed by atoms with van der Waals surface area (Å²) in [5.41, 5.74) is 4.49. The first-order valence-electron chi connectivity index (χ1n) is 7.37. The Labute approximate surface area is 138 Å². The second-order valence-corrected chi connectivity index (χ2v) is 5.56. The molecule has 0 fully saturated rings. The average molecular weight is 321 g/mol. The van der Waals surface area contributed by atoms with Gasteiger partial charge in [0.25, 0.3) is 11.6 Å². The van der Waals surface area contributed by atoms with Gasteiger partial charge in [0.15, 0.2) is 0 Å². The van der Waals surface area contributed by atoms with Crippen molar-refractivity contribution in [2.24, 2.45) is 0 Å². The molecule has 0 saturated carbocycles. The summed E-state index contributed by atoms with van der Waals surface area (Å²) in [6.07, 6.45) is 4.56. The van der Waals surface area contributed by atoms with Gasteiger partial charge in [-0.1, -0.05) is 0 Å². The maximum absolute atomic E-state index is 12.4. The number of fused-ring (bicyclic) bond motifs is 1. The van der Waals surface area contributed by atoms with Gasteiger partial charge in [0, 0.05) is 18.2 Å². The summed E-state index contributed by atoms with van der Waals surface area (Å²) < 4.78 is 1.49. The van der Waals surface area contributed by atoms with E-state index in [9.17, 15) is 14.9 Å². The van der Waals surface area contributed by atoms with Crippen molar-refractivity contribution in [2.75, 3.05) is 0 Å². The summed E-state index contributed by atoms with van der Waals surface area (Å²) in [4.78, 5) is 26.8. The molecule has 2 aromatic carbocycles. The molecule has 0 aliphatic heterocycles. The topological polar surface area (TPSA) is 78.0 Å². The van der Waals surface area contributed by atoms with Crippen LogP contribution < -0.4 is 0 Å². The molecule has 6 heteroatoms. The van der Waals surface area contributed by atoms with Gasteiger partial charge in [-0.15, -0.1) is 0 Å². The largest absolute Gasteiger partial charge is 0.269 e. The van der Waals surface area contributed by atoms with E-state index >= 15 is 0 Å². The van der Waals surface area contributed by atoms with Crippen molar-refractivity contribution < 1.29 is 9.72 Å². The molecule has 3 rings (SSSR count). The van der Waals surface area contributed by atoms with Crippen molar-refractivity contribution in [3.63, 3.8) is 0 Å². The van der Waals surface area contributed by atoms with Crippen LogP contribution in [0.5, 0.6) is 0 Å². The van der Waals surface area contributed by atoms with E-state index in [0.29, 0.717) is 5.56 Å². The van der Waals surface area contributed by atoms with E-state index in [2.05, 4.69) is 4.98 Å². The molecule has 1 heterocycles. The summed E-state index contributed by atoms with van der Waals surface area (Å²) in [6.45, 7) is 3.99. The molecule has 24 heavy (non-hydrogen) atoms. The van der Waals surface area contributed by atoms with Gasteiger partial charge in [0.1, 0.15) is 6.33 Å². The zero-order chi connectivity index (χ0) is 17.3. The van der Waals surface area contributed by atoms with Crippen LogP contribution in [-0.4, -0.2) is 20.4 Å². The summed E-state index contributed by atoms with van der Waals surface area (Å²) >= 11 is 0. The average Bonchev–Trinajstić information content (AvgIpc) is 2.96. The number of carbonyl (C=O) groups excluding carboxylic acids is 1. The Hall–Kier alpha value is -3.28. The van der Waals surface area contributed by atoms with Gasteiger partial charge >= 0.3 is 0 Å². The summed E-state index contributed by atoms with van der Waals surface area (Å²) in [5, 5.41) is 10.6. The number of hydrogen-bond donors (Lipinski definition) is 0. The molecule has 0 aliphatic rings. The van der Waals surface area contributed by atoms with E-state index in [0.717, 1.165) is 22.2 Å². The number of aryl methyl sites for hydroxylation is 2. The van der Waals surface area contributed by atoms with E-state index in [4.69, 9.17) is 0 Å². The van der Waals surface area contributed by atoms with Crippen LogP contribution in [-0.2, 0) is 0 Å². The van der Waals surface area contributed by atoms with Gasteiger partial charge < -0.3 is 0 Å². The van der Waals surface area contributed by atoms with Crippen molar-refractivity contribution in [1.29, 1.82) is 0 Å². The number of allylic oxidation sites excluding steroid dienone is 1. The number of nitro groups is 1. The fraction of sp³-hybridized carbons (Fsp3) is 0.111. The predicted octanol–water partition coefficient (Wildman–Crippen LogP) is 3.91. The van der Waals surface area contributed by atoms with Gasteiger partial charge in [0.2, 0.25) is 0 Å². The highest BCUT2D eigenvalue weighted by Gasteiger charge is 2.09. The van der Waals surface area contributed by atoms with E-state index in [1.165, 1.54) is 29.1 Å². The number of nitro benzene ring substituents is 1. The molecule has 0 saturated heterocycles. The fourth-order valence-electron chi connectivity index (χ4n) is 2.39. The SMILES string of the molecule is Cc1cc2ncn(C(=O)/C=C/c3ccc([N+](=O)[O-])cc3)c2cc1C. The molecule has 0 unspecified atom stereocenters. The lowest BCUT2D eigenvalue weighted by molar-refractivity contribution is -0.384. The lowest BCUT2D eigenvalue weighted by atomic mass is 10.1. The van der Waals surface area contributed by atoms with Crippen molar-refractivity contribution in [3.8, 4) is 0 Å². The Bertz CT molecular complexity index is 969. The number of benzene rings is 2. The Kier molecular flexibility index (Phi) is 3.95. The molecule has 0 aliphatic carbocycles. The molecule has 0 N–H and O–H groups in total. The normalized spacial score (nSPS) is 11.2. The molecule has 3 aromatic rings. The molecule has 120 valence electrons. The second kappa shape index (κ2) is 6.08. The minimum absolute atomic E-state index is 0.0184. The lowest BCUT2D eigenvalue weighted by Gasteiger charge is -2.02. The van der Waals surface area contributed by atoms with Crippen LogP contribution in [0.15, 0.2) is 48.8 Å². The molecular weight excluding hydrogens is 306 g/mol. The zero-order valence-electron chi connectivity index (χ0n) is 13.3. The van der Waals surface area contributed by atoms with Crippen LogP contribution in [0.3, 0.4) is 0 Å². The number of hydrogen-bond acceptors (Lipinski definition) is 4. The maximum atomic E-state index is 12.4. The molecule has 0 atom stereocenters. The Morgan fingerprint density at radius 3 is 2.50 bits per heavy atom. The third-order valence-electron chi connectivity index (χ3n) is 3.92. The quantitative estimate of drug-likeness (QED) is 0.416. The molecule has 0 amide bonds. The van der Waals surface area contributed by atoms with Crippen molar-refractivity contribution in [3.05, 3.63) is 75.6 Å². The predicted molar refractivity (Wildman–Crippen MR) is 92.0 cm³/mol. The van der Waals surface area contributed by atoms with Crippen LogP contribution in [0.4, 0.5) is 5.69 Å². The Morgan fingerprint density at radius 1 is 1.17 bits per heavy atom. The van der Waals surface area contributed by atoms with Gasteiger partial charge in [-0.3, -0.25) is 19.5 Å². The number of non-ortho nitro benzene ring substituents is 1. The van der Waals surface area contributed by atoms with Gasteiger partial charge in [0.05, 0.1) is 16.0 Å². The van der Waals surface area contributed by atoms with E-state index < -0.39 is 4.92 Å². The Balaban J connectivity index is 1.87. The van der Waals surface area contributed by atoms with Crippen LogP contribution >= 0.6 is 0 Å². The molecule has 0 bridgehead atoms. The van der Waals surface area contributed by atoms with Crippen molar-refractivity contribution in [2.45, 2.75) is 13.8 Å². The van der Waals surface area contributed by atoms with Gasteiger partial charge in [-0.05, 0) is 60.9 Å². The summed E-state index contributed by atoms with van der Waals surface area (Å²) in [5.74, 6) is -0.223. The van der Waals surface area contributed by atoms with Crippen LogP contribution in [0.2, 0.25) is 0 Å². The minimum atomic E-state index is -0.458. The fourth-order valence-corrected chi connectivity index (χ4v) is 2.39. The minimum Gasteiger partial charge on any atom is -0.269 e.